The number of amides is 1. The van der Waals surface area contributed by atoms with Crippen LogP contribution in [0.4, 0.5) is 20.2 Å². The minimum atomic E-state index is -0.935. The fourth-order valence-corrected chi connectivity index (χ4v) is 1.99. The molecule has 0 aliphatic rings. The molecule has 108 valence electrons. The van der Waals surface area contributed by atoms with Crippen LogP contribution >= 0.6 is 15.9 Å². The molecule has 0 aliphatic carbocycles. The fraction of sp³-hybridized carbons (Fsp3) is 0. The predicted molar refractivity (Wildman–Crippen MR) is 75.1 cm³/mol. The summed E-state index contributed by atoms with van der Waals surface area (Å²) in [5.41, 5.74) is -1.02. The standard InChI is InChI=1S/C13H7BrF2N2O3/c14-8-5-4-7(6-11(8)18(20)21)13(19)17-12-9(15)2-1-3-10(12)16/h1-6H,(H,17,19). The van der Waals surface area contributed by atoms with E-state index in [9.17, 15) is 23.7 Å². The van der Waals surface area contributed by atoms with Crippen LogP contribution in [-0.2, 0) is 0 Å². The zero-order valence-corrected chi connectivity index (χ0v) is 11.9. The molecular weight excluding hydrogens is 350 g/mol. The van der Waals surface area contributed by atoms with E-state index in [0.29, 0.717) is 0 Å². The van der Waals surface area contributed by atoms with E-state index in [4.69, 9.17) is 0 Å². The van der Waals surface area contributed by atoms with Crippen molar-refractivity contribution < 1.29 is 18.5 Å². The van der Waals surface area contributed by atoms with Crippen molar-refractivity contribution in [2.24, 2.45) is 0 Å². The number of nitro benzene ring substituents is 1. The van der Waals surface area contributed by atoms with Gasteiger partial charge in [0.1, 0.15) is 17.3 Å². The first-order valence-corrected chi connectivity index (χ1v) is 6.38. The molecule has 0 aromatic heterocycles. The van der Waals surface area contributed by atoms with Gasteiger partial charge in [0.2, 0.25) is 0 Å². The molecule has 0 heterocycles. The number of para-hydroxylation sites is 1. The second-order valence-corrected chi connectivity index (χ2v) is 4.83. The molecule has 1 amide bonds. The lowest BCUT2D eigenvalue weighted by Gasteiger charge is -2.07. The number of nitrogens with zero attached hydrogens (tertiary/aromatic N) is 1. The minimum Gasteiger partial charge on any atom is -0.317 e. The highest BCUT2D eigenvalue weighted by Crippen LogP contribution is 2.26. The summed E-state index contributed by atoms with van der Waals surface area (Å²) in [6, 6.07) is 6.75. The molecule has 2 aromatic carbocycles. The summed E-state index contributed by atoms with van der Waals surface area (Å²) in [4.78, 5) is 22.0. The Labute approximate surface area is 125 Å². The Morgan fingerprint density at radius 3 is 2.38 bits per heavy atom. The Balaban J connectivity index is 2.33. The van der Waals surface area contributed by atoms with E-state index in [2.05, 4.69) is 21.2 Å². The van der Waals surface area contributed by atoms with E-state index < -0.39 is 28.2 Å². The van der Waals surface area contributed by atoms with Gasteiger partial charge < -0.3 is 5.32 Å². The maximum Gasteiger partial charge on any atom is 0.284 e. The highest BCUT2D eigenvalue weighted by atomic mass is 79.9. The Kier molecular flexibility index (Phi) is 4.27. The van der Waals surface area contributed by atoms with Gasteiger partial charge in [-0.05, 0) is 40.2 Å². The molecule has 0 unspecified atom stereocenters. The van der Waals surface area contributed by atoms with Crippen molar-refractivity contribution in [1.82, 2.24) is 0 Å². The molecule has 0 spiro atoms. The number of carbonyl (C=O) groups is 1. The van der Waals surface area contributed by atoms with Crippen LogP contribution < -0.4 is 5.32 Å². The van der Waals surface area contributed by atoms with Crippen molar-refractivity contribution in [2.45, 2.75) is 0 Å². The van der Waals surface area contributed by atoms with Crippen LogP contribution in [0.25, 0.3) is 0 Å². The first-order chi connectivity index (χ1) is 9.90. The lowest BCUT2D eigenvalue weighted by Crippen LogP contribution is -2.14. The van der Waals surface area contributed by atoms with Crippen molar-refractivity contribution in [3.05, 3.63) is 68.2 Å². The number of hydrogen-bond acceptors (Lipinski definition) is 3. The topological polar surface area (TPSA) is 72.2 Å². The Bertz CT molecular complexity index is 717. The van der Waals surface area contributed by atoms with E-state index in [0.717, 1.165) is 24.3 Å². The summed E-state index contributed by atoms with van der Waals surface area (Å²) in [5, 5.41) is 12.8. The third-order valence-electron chi connectivity index (χ3n) is 2.61. The van der Waals surface area contributed by atoms with Gasteiger partial charge in [-0.2, -0.15) is 0 Å². The van der Waals surface area contributed by atoms with Crippen molar-refractivity contribution >= 4 is 33.2 Å². The maximum absolute atomic E-state index is 13.4. The van der Waals surface area contributed by atoms with E-state index in [1.54, 1.807) is 0 Å². The van der Waals surface area contributed by atoms with Crippen molar-refractivity contribution in [3.8, 4) is 0 Å². The van der Waals surface area contributed by atoms with Gasteiger partial charge in [0.25, 0.3) is 11.6 Å². The Morgan fingerprint density at radius 2 is 1.81 bits per heavy atom. The average Bonchev–Trinajstić information content (AvgIpc) is 2.43. The summed E-state index contributed by atoms with van der Waals surface area (Å²) in [6.07, 6.45) is 0. The van der Waals surface area contributed by atoms with Gasteiger partial charge in [0.05, 0.1) is 9.40 Å². The third kappa shape index (κ3) is 3.22. The van der Waals surface area contributed by atoms with Crippen LogP contribution in [-0.4, -0.2) is 10.8 Å². The number of nitrogens with one attached hydrogen (secondary N) is 1. The fourth-order valence-electron chi connectivity index (χ4n) is 1.60. The molecule has 8 heteroatoms. The van der Waals surface area contributed by atoms with E-state index in [1.165, 1.54) is 12.1 Å². The summed E-state index contributed by atoms with van der Waals surface area (Å²) >= 11 is 2.98. The van der Waals surface area contributed by atoms with Crippen LogP contribution in [0.1, 0.15) is 10.4 Å². The van der Waals surface area contributed by atoms with Gasteiger partial charge in [0.15, 0.2) is 0 Å². The number of benzene rings is 2. The Hall–Kier alpha value is -2.35. The molecule has 0 saturated heterocycles. The molecule has 2 rings (SSSR count). The molecule has 0 bridgehead atoms. The summed E-state index contributed by atoms with van der Waals surface area (Å²) in [7, 11) is 0. The molecule has 0 radical (unpaired) electrons. The molecule has 2 aromatic rings. The lowest BCUT2D eigenvalue weighted by atomic mass is 10.2. The molecule has 0 saturated carbocycles. The molecule has 1 N–H and O–H groups in total. The van der Waals surface area contributed by atoms with E-state index in [-0.39, 0.29) is 15.7 Å². The maximum atomic E-state index is 13.4. The Morgan fingerprint density at radius 1 is 1.19 bits per heavy atom. The average molecular weight is 357 g/mol. The molecule has 0 fully saturated rings. The normalized spacial score (nSPS) is 10.2. The monoisotopic (exact) mass is 356 g/mol. The van der Waals surface area contributed by atoms with E-state index in [1.807, 2.05) is 0 Å². The number of halogens is 3. The number of nitro groups is 1. The minimum absolute atomic E-state index is 0.0902. The van der Waals surface area contributed by atoms with Gasteiger partial charge in [-0.1, -0.05) is 6.07 Å². The quantitative estimate of drug-likeness (QED) is 0.669. The SMILES string of the molecule is O=C(Nc1c(F)cccc1F)c1ccc(Br)c([N+](=O)[O-])c1. The summed E-state index contributed by atoms with van der Waals surface area (Å²) < 4.78 is 27.1. The van der Waals surface area contributed by atoms with Crippen molar-refractivity contribution in [1.29, 1.82) is 0 Å². The van der Waals surface area contributed by atoms with Crippen molar-refractivity contribution in [3.63, 3.8) is 0 Å². The second-order valence-electron chi connectivity index (χ2n) is 3.97. The lowest BCUT2D eigenvalue weighted by molar-refractivity contribution is -0.385. The van der Waals surface area contributed by atoms with Gasteiger partial charge in [-0.15, -0.1) is 0 Å². The highest BCUT2D eigenvalue weighted by Gasteiger charge is 2.18. The summed E-state index contributed by atoms with van der Waals surface area (Å²) in [5.74, 6) is -2.72. The number of carbonyl (C=O) groups excluding carboxylic acids is 1. The molecule has 0 aliphatic heterocycles. The number of anilines is 1. The van der Waals surface area contributed by atoms with Gasteiger partial charge >= 0.3 is 0 Å². The second kappa shape index (κ2) is 5.96. The highest BCUT2D eigenvalue weighted by molar-refractivity contribution is 9.10. The smallest absolute Gasteiger partial charge is 0.284 e. The summed E-state index contributed by atoms with van der Waals surface area (Å²) in [6.45, 7) is 0. The van der Waals surface area contributed by atoms with E-state index >= 15 is 0 Å². The zero-order valence-electron chi connectivity index (χ0n) is 10.3. The van der Waals surface area contributed by atoms with Crippen LogP contribution in [0.15, 0.2) is 40.9 Å². The van der Waals surface area contributed by atoms with Gasteiger partial charge in [0, 0.05) is 11.6 Å². The largest absolute Gasteiger partial charge is 0.317 e. The van der Waals surface area contributed by atoms with Gasteiger partial charge in [-0.3, -0.25) is 14.9 Å². The first-order valence-electron chi connectivity index (χ1n) is 5.59. The molecule has 21 heavy (non-hydrogen) atoms. The first kappa shape index (κ1) is 15.0. The third-order valence-corrected chi connectivity index (χ3v) is 3.28. The molecular formula is C13H7BrF2N2O3. The number of rotatable bonds is 3. The molecule has 5 nitrogen and oxygen atoms in total. The van der Waals surface area contributed by atoms with Crippen LogP contribution in [0.2, 0.25) is 0 Å². The predicted octanol–water partition coefficient (Wildman–Crippen LogP) is 3.89. The van der Waals surface area contributed by atoms with Gasteiger partial charge in [-0.25, -0.2) is 8.78 Å². The molecule has 0 atom stereocenters. The number of hydrogen-bond donors (Lipinski definition) is 1. The van der Waals surface area contributed by atoms with Crippen LogP contribution in [0.3, 0.4) is 0 Å². The van der Waals surface area contributed by atoms with Crippen molar-refractivity contribution in [2.75, 3.05) is 5.32 Å². The van der Waals surface area contributed by atoms with Crippen LogP contribution in [0.5, 0.6) is 0 Å². The van der Waals surface area contributed by atoms with Crippen LogP contribution in [0, 0.1) is 21.7 Å². The zero-order chi connectivity index (χ0) is 15.6.